The van der Waals surface area contributed by atoms with Gasteiger partial charge in [-0.1, -0.05) is 45.1 Å². The fourth-order valence-corrected chi connectivity index (χ4v) is 5.13. The van der Waals surface area contributed by atoms with Gasteiger partial charge >= 0.3 is 0 Å². The summed E-state index contributed by atoms with van der Waals surface area (Å²) in [5.41, 5.74) is 0. The highest BCUT2D eigenvalue weighted by Crippen LogP contribution is 2.41. The van der Waals surface area contributed by atoms with Crippen molar-refractivity contribution in [1.29, 1.82) is 0 Å². The molecule has 0 radical (unpaired) electrons. The van der Waals surface area contributed by atoms with Crippen molar-refractivity contribution in [2.75, 3.05) is 0 Å². The molecule has 1 nitrogen and oxygen atoms in total. The van der Waals surface area contributed by atoms with Crippen molar-refractivity contribution in [3.8, 4) is 0 Å². The molecule has 0 amide bonds. The van der Waals surface area contributed by atoms with E-state index in [1.54, 1.807) is 0 Å². The molecule has 1 fully saturated rings. The van der Waals surface area contributed by atoms with E-state index in [2.05, 4.69) is 24.4 Å². The summed E-state index contributed by atoms with van der Waals surface area (Å²) in [5.74, 6) is 0.954. The fourth-order valence-electron chi connectivity index (χ4n) is 3.89. The molecular weight excluding hydrogens is 312 g/mol. The summed E-state index contributed by atoms with van der Waals surface area (Å²) < 4.78 is 0. The molecule has 1 aromatic rings. The van der Waals surface area contributed by atoms with Gasteiger partial charge in [0, 0.05) is 10.3 Å². The first-order chi connectivity index (χ1) is 10.7. The summed E-state index contributed by atoms with van der Waals surface area (Å²) in [5, 5.41) is 12.7. The van der Waals surface area contributed by atoms with Crippen LogP contribution in [0.4, 0.5) is 0 Å². The first-order valence-electron chi connectivity index (χ1n) is 9.07. The fraction of sp³-hybridized carbons (Fsp3) is 0.789. The van der Waals surface area contributed by atoms with Crippen molar-refractivity contribution >= 4 is 22.9 Å². The molecular formula is C19H31ClOS. The van der Waals surface area contributed by atoms with Crippen LogP contribution in [0, 0.1) is 11.8 Å². The zero-order valence-electron chi connectivity index (χ0n) is 13.8. The molecule has 0 saturated heterocycles. The highest BCUT2D eigenvalue weighted by molar-refractivity contribution is 7.09. The van der Waals surface area contributed by atoms with Crippen LogP contribution in [0.2, 0.25) is 0 Å². The van der Waals surface area contributed by atoms with Crippen molar-refractivity contribution in [1.82, 2.24) is 0 Å². The van der Waals surface area contributed by atoms with Gasteiger partial charge in [-0.05, 0) is 55.4 Å². The quantitative estimate of drug-likeness (QED) is 0.406. The minimum Gasteiger partial charge on any atom is -0.393 e. The Balaban J connectivity index is 1.73. The van der Waals surface area contributed by atoms with Crippen LogP contribution in [0.15, 0.2) is 17.5 Å². The maximum atomic E-state index is 10.3. The first kappa shape index (κ1) is 18.3. The monoisotopic (exact) mass is 342 g/mol. The van der Waals surface area contributed by atoms with Crippen molar-refractivity contribution in [2.24, 2.45) is 11.8 Å². The number of halogens is 1. The number of aliphatic hydroxyl groups is 1. The van der Waals surface area contributed by atoms with Crippen LogP contribution in [0.3, 0.4) is 0 Å². The Labute approximate surface area is 145 Å². The van der Waals surface area contributed by atoms with Gasteiger partial charge in [0.2, 0.25) is 0 Å². The molecule has 3 heteroatoms. The third kappa shape index (κ3) is 5.54. The molecule has 22 heavy (non-hydrogen) atoms. The van der Waals surface area contributed by atoms with E-state index >= 15 is 0 Å². The smallest absolute Gasteiger partial charge is 0.0585 e. The molecule has 0 bridgehead atoms. The standard InChI is InChI=1S/C19H31ClOS/c1-2-3-4-5-6-11-17-16(18(20)14-19(17)21)12-7-9-15-10-8-13-22-15/h8,10,13,16-19,21H,2-7,9,11-12,14H2,1H3/t16-,17-,18-,19-/m1/s1. The van der Waals surface area contributed by atoms with E-state index in [9.17, 15) is 5.11 Å². The van der Waals surface area contributed by atoms with Gasteiger partial charge in [0.15, 0.2) is 0 Å². The van der Waals surface area contributed by atoms with E-state index in [4.69, 9.17) is 11.6 Å². The summed E-state index contributed by atoms with van der Waals surface area (Å²) in [4.78, 5) is 1.47. The van der Waals surface area contributed by atoms with Crippen LogP contribution in [-0.2, 0) is 6.42 Å². The highest BCUT2D eigenvalue weighted by Gasteiger charge is 2.40. The minimum absolute atomic E-state index is 0.166. The second kappa shape index (κ2) is 9.95. The normalized spacial score (nSPS) is 28.3. The number of hydrogen-bond donors (Lipinski definition) is 1. The van der Waals surface area contributed by atoms with Gasteiger partial charge < -0.3 is 5.11 Å². The van der Waals surface area contributed by atoms with Gasteiger partial charge in [0.05, 0.1) is 6.10 Å². The third-order valence-electron chi connectivity index (χ3n) is 5.16. The van der Waals surface area contributed by atoms with Gasteiger partial charge in [-0.2, -0.15) is 0 Å². The Morgan fingerprint density at radius 1 is 1.14 bits per heavy atom. The number of unbranched alkanes of at least 4 members (excludes halogenated alkanes) is 4. The molecule has 1 N–H and O–H groups in total. The molecule has 1 aliphatic carbocycles. The Kier molecular flexibility index (Phi) is 8.27. The molecule has 2 rings (SSSR count). The number of alkyl halides is 1. The van der Waals surface area contributed by atoms with Crippen LogP contribution in [0.1, 0.15) is 69.6 Å². The average Bonchev–Trinajstić information content (AvgIpc) is 3.09. The highest BCUT2D eigenvalue weighted by atomic mass is 35.5. The van der Waals surface area contributed by atoms with Crippen molar-refractivity contribution < 1.29 is 5.11 Å². The summed E-state index contributed by atoms with van der Waals surface area (Å²) in [7, 11) is 0. The zero-order valence-corrected chi connectivity index (χ0v) is 15.4. The molecule has 0 aliphatic heterocycles. The molecule has 1 aliphatic rings. The van der Waals surface area contributed by atoms with Gasteiger partial charge in [-0.25, -0.2) is 0 Å². The molecule has 0 unspecified atom stereocenters. The van der Waals surface area contributed by atoms with Crippen molar-refractivity contribution in [3.05, 3.63) is 22.4 Å². The number of thiophene rings is 1. The van der Waals surface area contributed by atoms with E-state index in [0.29, 0.717) is 11.8 Å². The van der Waals surface area contributed by atoms with Gasteiger partial charge in [-0.3, -0.25) is 0 Å². The predicted molar refractivity (Wildman–Crippen MR) is 97.9 cm³/mol. The van der Waals surface area contributed by atoms with Crippen LogP contribution < -0.4 is 0 Å². The topological polar surface area (TPSA) is 20.2 Å². The number of aryl methyl sites for hydroxylation is 1. The van der Waals surface area contributed by atoms with E-state index in [1.165, 1.54) is 49.8 Å². The Hall–Kier alpha value is -0.0500. The Bertz CT molecular complexity index is 392. The molecule has 126 valence electrons. The second-order valence-corrected chi connectivity index (χ2v) is 8.41. The molecule has 1 aromatic heterocycles. The van der Waals surface area contributed by atoms with Gasteiger partial charge in [-0.15, -0.1) is 22.9 Å². The molecule has 4 atom stereocenters. The molecule has 0 spiro atoms. The number of hydrogen-bond acceptors (Lipinski definition) is 2. The second-order valence-electron chi connectivity index (χ2n) is 6.82. The van der Waals surface area contributed by atoms with Crippen LogP contribution in [0.25, 0.3) is 0 Å². The summed E-state index contributed by atoms with van der Waals surface area (Å²) in [6, 6.07) is 4.35. The first-order valence-corrected chi connectivity index (χ1v) is 10.4. The van der Waals surface area contributed by atoms with E-state index in [0.717, 1.165) is 19.3 Å². The van der Waals surface area contributed by atoms with Crippen molar-refractivity contribution in [2.45, 2.75) is 82.6 Å². The summed E-state index contributed by atoms with van der Waals surface area (Å²) >= 11 is 8.38. The maximum absolute atomic E-state index is 10.3. The lowest BCUT2D eigenvalue weighted by molar-refractivity contribution is 0.107. The van der Waals surface area contributed by atoms with Crippen LogP contribution in [0.5, 0.6) is 0 Å². The van der Waals surface area contributed by atoms with Gasteiger partial charge in [0.25, 0.3) is 0 Å². The zero-order chi connectivity index (χ0) is 15.8. The lowest BCUT2D eigenvalue weighted by Gasteiger charge is -2.23. The number of rotatable bonds is 10. The maximum Gasteiger partial charge on any atom is 0.0585 e. The number of aliphatic hydroxyl groups excluding tert-OH is 1. The van der Waals surface area contributed by atoms with E-state index in [-0.39, 0.29) is 11.5 Å². The average molecular weight is 343 g/mol. The summed E-state index contributed by atoms with van der Waals surface area (Å²) in [6.07, 6.45) is 11.9. The van der Waals surface area contributed by atoms with E-state index < -0.39 is 0 Å². The van der Waals surface area contributed by atoms with E-state index in [1.807, 2.05) is 11.3 Å². The third-order valence-corrected chi connectivity index (χ3v) is 6.60. The molecule has 0 aromatic carbocycles. The SMILES string of the molecule is CCCCCCC[C@@H]1[C@@H](CCCc2cccs2)[C@H](Cl)C[C@H]1O. The minimum atomic E-state index is -0.166. The largest absolute Gasteiger partial charge is 0.393 e. The Morgan fingerprint density at radius 3 is 2.64 bits per heavy atom. The predicted octanol–water partition coefficient (Wildman–Crippen LogP) is 6.04. The van der Waals surface area contributed by atoms with Crippen LogP contribution in [-0.4, -0.2) is 16.6 Å². The van der Waals surface area contributed by atoms with Crippen LogP contribution >= 0.6 is 22.9 Å². The summed E-state index contributed by atoms with van der Waals surface area (Å²) in [6.45, 7) is 2.25. The lowest BCUT2D eigenvalue weighted by Crippen LogP contribution is -2.21. The molecule has 1 saturated carbocycles. The molecule has 1 heterocycles. The Morgan fingerprint density at radius 2 is 1.91 bits per heavy atom. The lowest BCUT2D eigenvalue weighted by atomic mass is 9.86. The van der Waals surface area contributed by atoms with Gasteiger partial charge in [0.1, 0.15) is 0 Å². The van der Waals surface area contributed by atoms with Crippen molar-refractivity contribution in [3.63, 3.8) is 0 Å².